The van der Waals surface area contributed by atoms with E-state index in [1.165, 1.54) is 18.4 Å². The first-order chi connectivity index (χ1) is 9.31. The highest BCUT2D eigenvalue weighted by Gasteiger charge is 2.29. The van der Waals surface area contributed by atoms with Gasteiger partial charge in [0.05, 0.1) is 0 Å². The van der Waals surface area contributed by atoms with Crippen LogP contribution in [0.25, 0.3) is 0 Å². The first-order valence-electron chi connectivity index (χ1n) is 7.09. The van der Waals surface area contributed by atoms with Crippen molar-refractivity contribution in [3.8, 4) is 0 Å². The lowest BCUT2D eigenvalue weighted by atomic mass is 9.98. The maximum absolute atomic E-state index is 10.7. The number of aliphatic hydroxyl groups is 1. The van der Waals surface area contributed by atoms with Crippen LogP contribution in [-0.2, 0) is 6.54 Å². The number of hydrogen-bond acceptors (Lipinski definition) is 2. The van der Waals surface area contributed by atoms with E-state index in [0.29, 0.717) is 5.92 Å². The second-order valence-electron chi connectivity index (χ2n) is 5.28. The van der Waals surface area contributed by atoms with Gasteiger partial charge in [-0.2, -0.15) is 0 Å². The van der Waals surface area contributed by atoms with Gasteiger partial charge < -0.3 is 9.67 Å². The van der Waals surface area contributed by atoms with Crippen molar-refractivity contribution < 1.29 is 5.11 Å². The Labute approximate surface area is 113 Å². The highest BCUT2D eigenvalue weighted by Crippen LogP contribution is 2.43. The molecule has 0 amide bonds. The van der Waals surface area contributed by atoms with Gasteiger partial charge >= 0.3 is 0 Å². The van der Waals surface area contributed by atoms with E-state index in [-0.39, 0.29) is 0 Å². The molecule has 19 heavy (non-hydrogen) atoms. The predicted molar refractivity (Wildman–Crippen MR) is 75.0 cm³/mol. The van der Waals surface area contributed by atoms with Gasteiger partial charge in [-0.05, 0) is 36.3 Å². The van der Waals surface area contributed by atoms with Crippen LogP contribution in [0.15, 0.2) is 36.7 Å². The van der Waals surface area contributed by atoms with Crippen molar-refractivity contribution in [2.45, 2.75) is 44.8 Å². The minimum absolute atomic E-state index is 0.613. The fourth-order valence-corrected chi connectivity index (χ4v) is 2.66. The number of nitrogens with zero attached hydrogens (tertiary/aromatic N) is 2. The van der Waals surface area contributed by atoms with Crippen molar-refractivity contribution in [2.24, 2.45) is 0 Å². The number of aromatic nitrogens is 2. The molecule has 3 heteroatoms. The number of imidazole rings is 1. The zero-order valence-corrected chi connectivity index (χ0v) is 11.3. The Balaban J connectivity index is 1.94. The van der Waals surface area contributed by atoms with Crippen LogP contribution in [0.3, 0.4) is 0 Å². The number of rotatable bonds is 5. The first-order valence-corrected chi connectivity index (χ1v) is 7.09. The van der Waals surface area contributed by atoms with Gasteiger partial charge in [0.2, 0.25) is 0 Å². The standard InChI is InChI=1S/C16H20N2O/c1-2-10-18-11-9-17-16(18)15(19)14-6-4-3-5-13(14)12-7-8-12/h3-6,9,11-12,15,19H,2,7-8,10H2,1H3. The van der Waals surface area contributed by atoms with Crippen LogP contribution in [0.4, 0.5) is 0 Å². The minimum Gasteiger partial charge on any atom is -0.380 e. The fraction of sp³-hybridized carbons (Fsp3) is 0.438. The van der Waals surface area contributed by atoms with Crippen LogP contribution in [0.1, 0.15) is 55.2 Å². The molecule has 0 spiro atoms. The summed E-state index contributed by atoms with van der Waals surface area (Å²) in [5, 5.41) is 10.7. The predicted octanol–water partition coefficient (Wildman–Crippen LogP) is 3.25. The van der Waals surface area contributed by atoms with Gasteiger partial charge in [-0.1, -0.05) is 31.2 Å². The van der Waals surface area contributed by atoms with Crippen LogP contribution in [0.2, 0.25) is 0 Å². The minimum atomic E-state index is -0.613. The average molecular weight is 256 g/mol. The molecule has 1 saturated carbocycles. The summed E-state index contributed by atoms with van der Waals surface area (Å²) in [6.45, 7) is 3.03. The summed E-state index contributed by atoms with van der Waals surface area (Å²) in [5.74, 6) is 1.40. The number of hydrogen-bond donors (Lipinski definition) is 1. The summed E-state index contributed by atoms with van der Waals surface area (Å²) in [6, 6.07) is 8.23. The molecule has 100 valence electrons. The SMILES string of the molecule is CCCn1ccnc1C(O)c1ccccc1C1CC1. The summed E-state index contributed by atoms with van der Waals surface area (Å²) in [4.78, 5) is 4.34. The number of benzene rings is 1. The molecule has 3 nitrogen and oxygen atoms in total. The van der Waals surface area contributed by atoms with Crippen LogP contribution in [0, 0.1) is 0 Å². The molecule has 1 aromatic heterocycles. The monoisotopic (exact) mass is 256 g/mol. The van der Waals surface area contributed by atoms with Crippen LogP contribution < -0.4 is 0 Å². The van der Waals surface area contributed by atoms with E-state index in [0.717, 1.165) is 24.4 Å². The molecular weight excluding hydrogens is 236 g/mol. The second kappa shape index (κ2) is 5.17. The van der Waals surface area contributed by atoms with E-state index in [2.05, 4.69) is 24.0 Å². The first kappa shape index (κ1) is 12.4. The topological polar surface area (TPSA) is 38.0 Å². The molecule has 2 aromatic rings. The molecule has 1 unspecified atom stereocenters. The molecule has 1 aromatic carbocycles. The Kier molecular flexibility index (Phi) is 3.38. The van der Waals surface area contributed by atoms with Gasteiger partial charge in [0.15, 0.2) is 0 Å². The molecule has 1 atom stereocenters. The van der Waals surface area contributed by atoms with E-state index in [9.17, 15) is 5.11 Å². The van der Waals surface area contributed by atoms with Crippen molar-refractivity contribution in [3.05, 3.63) is 53.6 Å². The van der Waals surface area contributed by atoms with Gasteiger partial charge in [-0.25, -0.2) is 4.98 Å². The Morgan fingerprint density at radius 2 is 2.16 bits per heavy atom. The molecular formula is C16H20N2O. The fourth-order valence-electron chi connectivity index (χ4n) is 2.66. The molecule has 1 N–H and O–H groups in total. The quantitative estimate of drug-likeness (QED) is 0.891. The largest absolute Gasteiger partial charge is 0.380 e. The number of aryl methyl sites for hydroxylation is 1. The van der Waals surface area contributed by atoms with Crippen LogP contribution in [0.5, 0.6) is 0 Å². The van der Waals surface area contributed by atoms with E-state index in [4.69, 9.17) is 0 Å². The van der Waals surface area contributed by atoms with E-state index >= 15 is 0 Å². The molecule has 3 rings (SSSR count). The van der Waals surface area contributed by atoms with Gasteiger partial charge in [0, 0.05) is 18.9 Å². The van der Waals surface area contributed by atoms with E-state index < -0.39 is 6.10 Å². The van der Waals surface area contributed by atoms with E-state index in [1.54, 1.807) is 6.20 Å². The lowest BCUT2D eigenvalue weighted by molar-refractivity contribution is 0.203. The molecule has 1 heterocycles. The summed E-state index contributed by atoms with van der Waals surface area (Å²) < 4.78 is 2.05. The molecule has 0 radical (unpaired) electrons. The van der Waals surface area contributed by atoms with Gasteiger partial charge in [0.1, 0.15) is 11.9 Å². The van der Waals surface area contributed by atoms with Crippen molar-refractivity contribution in [1.29, 1.82) is 0 Å². The summed E-state index contributed by atoms with van der Waals surface area (Å²) in [5.41, 5.74) is 2.31. The van der Waals surface area contributed by atoms with Gasteiger partial charge in [0.25, 0.3) is 0 Å². The Morgan fingerprint density at radius 1 is 1.37 bits per heavy atom. The third kappa shape index (κ3) is 2.43. The van der Waals surface area contributed by atoms with Gasteiger partial charge in [-0.3, -0.25) is 0 Å². The Hall–Kier alpha value is -1.61. The normalized spacial score (nSPS) is 16.5. The van der Waals surface area contributed by atoms with Crippen LogP contribution in [-0.4, -0.2) is 14.7 Å². The molecule has 1 aliphatic rings. The van der Waals surface area contributed by atoms with Crippen molar-refractivity contribution in [3.63, 3.8) is 0 Å². The highest BCUT2D eigenvalue weighted by molar-refractivity contribution is 5.37. The zero-order chi connectivity index (χ0) is 13.2. The highest BCUT2D eigenvalue weighted by atomic mass is 16.3. The van der Waals surface area contributed by atoms with Crippen molar-refractivity contribution in [1.82, 2.24) is 9.55 Å². The van der Waals surface area contributed by atoms with Gasteiger partial charge in [-0.15, -0.1) is 0 Å². The Morgan fingerprint density at radius 3 is 2.89 bits per heavy atom. The lowest BCUT2D eigenvalue weighted by Gasteiger charge is -2.16. The smallest absolute Gasteiger partial charge is 0.142 e. The molecule has 0 aliphatic heterocycles. The van der Waals surface area contributed by atoms with E-state index in [1.807, 2.05) is 22.9 Å². The van der Waals surface area contributed by atoms with Crippen molar-refractivity contribution in [2.75, 3.05) is 0 Å². The van der Waals surface area contributed by atoms with Crippen LogP contribution >= 0.6 is 0 Å². The summed E-state index contributed by atoms with van der Waals surface area (Å²) >= 11 is 0. The molecule has 1 aliphatic carbocycles. The third-order valence-corrected chi connectivity index (χ3v) is 3.76. The lowest BCUT2D eigenvalue weighted by Crippen LogP contribution is -2.11. The molecule has 0 bridgehead atoms. The zero-order valence-electron chi connectivity index (χ0n) is 11.3. The summed E-state index contributed by atoms with van der Waals surface area (Å²) in [6.07, 6.45) is 6.63. The third-order valence-electron chi connectivity index (χ3n) is 3.76. The Bertz CT molecular complexity index is 557. The van der Waals surface area contributed by atoms with Crippen molar-refractivity contribution >= 4 is 0 Å². The average Bonchev–Trinajstić information content (AvgIpc) is 3.19. The summed E-state index contributed by atoms with van der Waals surface area (Å²) in [7, 11) is 0. The molecule has 1 fully saturated rings. The maximum Gasteiger partial charge on any atom is 0.142 e. The second-order valence-corrected chi connectivity index (χ2v) is 5.28. The molecule has 0 saturated heterocycles. The number of aliphatic hydroxyl groups excluding tert-OH is 1. The maximum atomic E-state index is 10.7.